The molecule has 0 unspecified atom stereocenters. The molecule has 1 aliphatic heterocycles. The number of benzene rings is 1. The van der Waals surface area contributed by atoms with Gasteiger partial charge in [-0.1, -0.05) is 0 Å². The second-order valence-electron chi connectivity index (χ2n) is 3.79. The number of hydrogen-bond donors (Lipinski definition) is 3. The van der Waals surface area contributed by atoms with E-state index < -0.39 is 0 Å². The molecule has 3 nitrogen and oxygen atoms in total. The third-order valence-corrected chi connectivity index (χ3v) is 2.62. The Labute approximate surface area is 84.7 Å². The molecule has 3 heteroatoms. The normalized spacial score (nSPS) is 18.0. The van der Waals surface area contributed by atoms with Crippen LogP contribution in [0.4, 0.5) is 11.4 Å². The molecule has 0 aromatic heterocycles. The molecule has 1 aromatic rings. The summed E-state index contributed by atoms with van der Waals surface area (Å²) >= 11 is 0. The van der Waals surface area contributed by atoms with Gasteiger partial charge >= 0.3 is 0 Å². The molecule has 0 saturated carbocycles. The second kappa shape index (κ2) is 4.33. The van der Waals surface area contributed by atoms with E-state index in [1.165, 1.54) is 18.5 Å². The molecule has 1 fully saturated rings. The van der Waals surface area contributed by atoms with E-state index in [9.17, 15) is 0 Å². The van der Waals surface area contributed by atoms with Crippen molar-refractivity contribution < 1.29 is 0 Å². The first-order valence-electron chi connectivity index (χ1n) is 5.17. The summed E-state index contributed by atoms with van der Waals surface area (Å²) in [7, 11) is 0. The summed E-state index contributed by atoms with van der Waals surface area (Å²) in [4.78, 5) is 0. The summed E-state index contributed by atoms with van der Waals surface area (Å²) < 4.78 is 0. The van der Waals surface area contributed by atoms with Crippen molar-refractivity contribution in [1.82, 2.24) is 5.32 Å². The average molecular weight is 191 g/mol. The topological polar surface area (TPSA) is 50.1 Å². The molecule has 1 aromatic carbocycles. The Kier molecular flexibility index (Phi) is 2.89. The summed E-state index contributed by atoms with van der Waals surface area (Å²) in [6.07, 6.45) is 2.40. The van der Waals surface area contributed by atoms with E-state index in [2.05, 4.69) is 10.6 Å². The zero-order valence-corrected chi connectivity index (χ0v) is 8.29. The van der Waals surface area contributed by atoms with Gasteiger partial charge in [-0.3, -0.25) is 0 Å². The molecule has 76 valence electrons. The van der Waals surface area contributed by atoms with Crippen LogP contribution in [0.25, 0.3) is 0 Å². The lowest BCUT2D eigenvalue weighted by Gasteiger charge is -2.24. The maximum atomic E-state index is 5.62. The molecule has 0 amide bonds. The number of rotatable bonds is 2. The fourth-order valence-electron chi connectivity index (χ4n) is 1.78. The Morgan fingerprint density at radius 1 is 1.14 bits per heavy atom. The highest BCUT2D eigenvalue weighted by atomic mass is 15.0. The molecule has 0 aliphatic carbocycles. The van der Waals surface area contributed by atoms with Crippen LogP contribution in [0.15, 0.2) is 24.3 Å². The number of nitrogen functional groups attached to an aromatic ring is 1. The van der Waals surface area contributed by atoms with Crippen molar-refractivity contribution in [2.45, 2.75) is 18.9 Å². The first-order chi connectivity index (χ1) is 6.84. The largest absolute Gasteiger partial charge is 0.399 e. The summed E-state index contributed by atoms with van der Waals surface area (Å²) in [5.74, 6) is 0. The summed E-state index contributed by atoms with van der Waals surface area (Å²) in [6.45, 7) is 2.24. The molecule has 0 radical (unpaired) electrons. The van der Waals surface area contributed by atoms with Crippen LogP contribution in [0.5, 0.6) is 0 Å². The summed E-state index contributed by atoms with van der Waals surface area (Å²) in [5, 5.41) is 6.86. The highest BCUT2D eigenvalue weighted by molar-refractivity contribution is 5.51. The highest BCUT2D eigenvalue weighted by Gasteiger charge is 2.11. The van der Waals surface area contributed by atoms with E-state index in [-0.39, 0.29) is 0 Å². The van der Waals surface area contributed by atoms with Gasteiger partial charge in [0.25, 0.3) is 0 Å². The molecule has 4 N–H and O–H groups in total. The number of anilines is 2. The van der Waals surface area contributed by atoms with Gasteiger partial charge < -0.3 is 16.4 Å². The standard InChI is InChI=1S/C11H17N3/c12-9-1-3-10(4-2-9)14-11-5-7-13-8-6-11/h1-4,11,13-14H,5-8,12H2. The number of piperidine rings is 1. The third kappa shape index (κ3) is 2.39. The van der Waals surface area contributed by atoms with Gasteiger partial charge in [-0.05, 0) is 50.2 Å². The zero-order valence-electron chi connectivity index (χ0n) is 8.29. The highest BCUT2D eigenvalue weighted by Crippen LogP contribution is 2.14. The third-order valence-electron chi connectivity index (χ3n) is 2.62. The van der Waals surface area contributed by atoms with Crippen molar-refractivity contribution in [3.05, 3.63) is 24.3 Å². The van der Waals surface area contributed by atoms with Gasteiger partial charge in [0.05, 0.1) is 0 Å². The maximum Gasteiger partial charge on any atom is 0.0343 e. The lowest BCUT2D eigenvalue weighted by Crippen LogP contribution is -2.35. The van der Waals surface area contributed by atoms with Crippen LogP contribution >= 0.6 is 0 Å². The van der Waals surface area contributed by atoms with Crippen LogP contribution < -0.4 is 16.4 Å². The van der Waals surface area contributed by atoms with Crippen molar-refractivity contribution in [2.75, 3.05) is 24.1 Å². The van der Waals surface area contributed by atoms with E-state index in [1.54, 1.807) is 0 Å². The fourth-order valence-corrected chi connectivity index (χ4v) is 1.78. The lowest BCUT2D eigenvalue weighted by atomic mass is 10.1. The van der Waals surface area contributed by atoms with Crippen LogP contribution in [-0.2, 0) is 0 Å². The SMILES string of the molecule is Nc1ccc(NC2CCNCC2)cc1. The van der Waals surface area contributed by atoms with Crippen LogP contribution in [0, 0.1) is 0 Å². The Morgan fingerprint density at radius 3 is 2.43 bits per heavy atom. The Balaban J connectivity index is 1.92. The van der Waals surface area contributed by atoms with Crippen LogP contribution in [-0.4, -0.2) is 19.1 Å². The Bertz CT molecular complexity index is 275. The summed E-state index contributed by atoms with van der Waals surface area (Å²) in [5.41, 5.74) is 7.61. The van der Waals surface area contributed by atoms with Gasteiger partial charge in [0.15, 0.2) is 0 Å². The first-order valence-corrected chi connectivity index (χ1v) is 5.17. The number of nitrogens with two attached hydrogens (primary N) is 1. The molecule has 14 heavy (non-hydrogen) atoms. The van der Waals surface area contributed by atoms with Crippen molar-refractivity contribution >= 4 is 11.4 Å². The van der Waals surface area contributed by atoms with Crippen molar-refractivity contribution in [1.29, 1.82) is 0 Å². The molecule has 1 heterocycles. The van der Waals surface area contributed by atoms with Crippen molar-refractivity contribution in [3.8, 4) is 0 Å². The van der Waals surface area contributed by atoms with Crippen LogP contribution in [0.3, 0.4) is 0 Å². The Morgan fingerprint density at radius 2 is 1.79 bits per heavy atom. The molecule has 1 saturated heterocycles. The van der Waals surface area contributed by atoms with Gasteiger partial charge in [-0.15, -0.1) is 0 Å². The predicted octanol–water partition coefficient (Wildman–Crippen LogP) is 1.43. The van der Waals surface area contributed by atoms with Gasteiger partial charge in [-0.25, -0.2) is 0 Å². The second-order valence-corrected chi connectivity index (χ2v) is 3.79. The molecular weight excluding hydrogens is 174 g/mol. The number of hydrogen-bond acceptors (Lipinski definition) is 3. The molecule has 0 bridgehead atoms. The predicted molar refractivity (Wildman–Crippen MR) is 60.4 cm³/mol. The molecule has 1 aliphatic rings. The zero-order chi connectivity index (χ0) is 9.80. The van der Waals surface area contributed by atoms with Gasteiger partial charge in [0.2, 0.25) is 0 Å². The van der Waals surface area contributed by atoms with E-state index >= 15 is 0 Å². The van der Waals surface area contributed by atoms with Crippen molar-refractivity contribution in [3.63, 3.8) is 0 Å². The van der Waals surface area contributed by atoms with E-state index in [0.717, 1.165) is 18.8 Å². The quantitative estimate of drug-likeness (QED) is 0.620. The minimum absolute atomic E-state index is 0.611. The van der Waals surface area contributed by atoms with Gasteiger partial charge in [0, 0.05) is 17.4 Å². The molecule has 2 rings (SSSR count). The Hall–Kier alpha value is -1.22. The maximum absolute atomic E-state index is 5.62. The van der Waals surface area contributed by atoms with Crippen LogP contribution in [0.2, 0.25) is 0 Å². The number of nitrogens with one attached hydrogen (secondary N) is 2. The van der Waals surface area contributed by atoms with E-state index in [1.807, 2.05) is 24.3 Å². The minimum atomic E-state index is 0.611. The fraction of sp³-hybridized carbons (Fsp3) is 0.455. The summed E-state index contributed by atoms with van der Waals surface area (Å²) in [6, 6.07) is 8.56. The average Bonchev–Trinajstić information content (AvgIpc) is 2.23. The smallest absolute Gasteiger partial charge is 0.0343 e. The molecule has 0 atom stereocenters. The molecular formula is C11H17N3. The van der Waals surface area contributed by atoms with Gasteiger partial charge in [-0.2, -0.15) is 0 Å². The van der Waals surface area contributed by atoms with Gasteiger partial charge in [0.1, 0.15) is 0 Å². The monoisotopic (exact) mass is 191 g/mol. The minimum Gasteiger partial charge on any atom is -0.399 e. The van der Waals surface area contributed by atoms with E-state index in [4.69, 9.17) is 5.73 Å². The molecule has 0 spiro atoms. The first kappa shape index (κ1) is 9.34. The lowest BCUT2D eigenvalue weighted by molar-refractivity contribution is 0.479. The van der Waals surface area contributed by atoms with E-state index in [0.29, 0.717) is 6.04 Å². The van der Waals surface area contributed by atoms with Crippen molar-refractivity contribution in [2.24, 2.45) is 0 Å². The van der Waals surface area contributed by atoms with Crippen LogP contribution in [0.1, 0.15) is 12.8 Å².